The number of nitrogens with two attached hydrogens (primary N) is 6. The summed E-state index contributed by atoms with van der Waals surface area (Å²) in [6, 6.07) is -1.96. The van der Waals surface area contributed by atoms with Crippen LogP contribution in [0.3, 0.4) is 0 Å². The fourth-order valence-corrected chi connectivity index (χ4v) is 8.86. The average Bonchev–Trinajstić information content (AvgIpc) is 4.16. The van der Waals surface area contributed by atoms with E-state index in [1.165, 1.54) is 16.7 Å². The number of carboxylic acid groups (broad SMARTS) is 2. The van der Waals surface area contributed by atoms with Crippen LogP contribution in [0.4, 0.5) is 0 Å². The molecule has 20 N–H and O–H groups in total. The van der Waals surface area contributed by atoms with Crippen molar-refractivity contribution >= 4 is 82.0 Å². The number of aliphatic carboxylic acids is 2. The number of H-pyrrole nitrogens is 1. The number of carboxylic acids is 2. The van der Waals surface area contributed by atoms with Gasteiger partial charge >= 0.3 is 5.97 Å². The van der Waals surface area contributed by atoms with Gasteiger partial charge in [-0.15, -0.1) is 0 Å². The molecule has 0 radical (unpaired) electrons. The zero-order valence-corrected chi connectivity index (χ0v) is 44.1. The lowest BCUT2D eigenvalue weighted by atomic mass is 9.98. The molecule has 4 rings (SSSR count). The third kappa shape index (κ3) is 20.2. The molecule has 0 unspecified atom stereocenters. The quantitative estimate of drug-likeness (QED) is 0.0230. The van der Waals surface area contributed by atoms with Gasteiger partial charge in [-0.25, -0.2) is 4.79 Å². The van der Waals surface area contributed by atoms with Gasteiger partial charge in [0, 0.05) is 56.6 Å². The van der Waals surface area contributed by atoms with Crippen molar-refractivity contribution in [3.8, 4) is 0 Å². The second-order valence-electron chi connectivity index (χ2n) is 19.1. The van der Waals surface area contributed by atoms with E-state index in [1.54, 1.807) is 20.0 Å². The standard InChI is InChI=1S/C47H74N16O10.C2H4O2/c1-4-25(2)37(45(72)73)61-41(68)32(14-8-20-55-47(52)53)58-38(65)26(3)57-40(67)31(13-7-19-54-46(50)51)59-42(69)34-15-9-21-62(34)44(71)35-16-10-22-63(35)43(70)33(17-18-36(49)64)60-39(66)29(48)23-27-24-56-30-12-6-5-11-28(27)30;1-2(3)4/h5-6,11-12,24-26,29,31-35,37,56H,4,7-10,13-23,48H2,1-3H3,(H2,49,64)(H,57,67)(H,58,65)(H,59,69)(H,60,66)(H,61,68)(H,72,73)(H4,50,51,54)(H4,52,53,55);1H3,(H,3,4)/t25-,26-,29-,31-,32-,33-,34-,35-,37-;/m0./s1. The number of nitrogens with one attached hydrogen (secondary N) is 6. The third-order valence-electron chi connectivity index (χ3n) is 13.1. The fraction of sp³-hybridized carbons (Fsp3) is 0.592. The van der Waals surface area contributed by atoms with E-state index in [0.29, 0.717) is 19.3 Å². The first-order valence-electron chi connectivity index (χ1n) is 25.6. The number of carbonyl (C=O) groups excluding carboxylic acids is 8. The van der Waals surface area contributed by atoms with Gasteiger partial charge in [-0.05, 0) is 88.7 Å². The number of aliphatic imine (C=N–C) groups is 2. The van der Waals surface area contributed by atoms with Gasteiger partial charge in [0.1, 0.15) is 42.3 Å². The van der Waals surface area contributed by atoms with Crippen molar-refractivity contribution in [2.45, 2.75) is 153 Å². The average molecular weight is 1080 g/mol. The van der Waals surface area contributed by atoms with Gasteiger partial charge in [0.2, 0.25) is 47.3 Å². The van der Waals surface area contributed by atoms with Gasteiger partial charge in [0.05, 0.1) is 6.04 Å². The minimum Gasteiger partial charge on any atom is -0.481 e. The number of amides is 8. The summed E-state index contributed by atoms with van der Waals surface area (Å²) < 4.78 is 0. The first-order valence-corrected chi connectivity index (χ1v) is 25.6. The zero-order chi connectivity index (χ0) is 57.5. The lowest BCUT2D eigenvalue weighted by Crippen LogP contribution is -2.59. The number of fused-ring (bicyclic) bond motifs is 1. The highest BCUT2D eigenvalue weighted by molar-refractivity contribution is 5.98. The number of carbonyl (C=O) groups is 10. The summed E-state index contributed by atoms with van der Waals surface area (Å²) in [6.45, 7) is 6.36. The van der Waals surface area contributed by atoms with Crippen LogP contribution in [-0.2, 0) is 54.4 Å². The van der Waals surface area contributed by atoms with Gasteiger partial charge in [0.25, 0.3) is 5.97 Å². The van der Waals surface area contributed by atoms with Crippen molar-refractivity contribution in [3.05, 3.63) is 36.0 Å². The highest BCUT2D eigenvalue weighted by Gasteiger charge is 2.44. The number of benzene rings is 1. The molecule has 28 heteroatoms. The predicted octanol–water partition coefficient (Wildman–Crippen LogP) is -2.94. The summed E-state index contributed by atoms with van der Waals surface area (Å²) in [5.41, 5.74) is 35.3. The molecule has 3 heterocycles. The molecule has 426 valence electrons. The molecule has 2 aromatic rings. The number of hydrogen-bond donors (Lipinski definition) is 14. The third-order valence-corrected chi connectivity index (χ3v) is 13.1. The van der Waals surface area contributed by atoms with E-state index in [2.05, 4.69) is 41.6 Å². The number of rotatable bonds is 28. The Morgan fingerprint density at radius 1 is 0.714 bits per heavy atom. The van der Waals surface area contributed by atoms with Crippen LogP contribution in [0.2, 0.25) is 0 Å². The second-order valence-corrected chi connectivity index (χ2v) is 19.1. The lowest BCUT2D eigenvalue weighted by molar-refractivity contribution is -0.148. The summed E-state index contributed by atoms with van der Waals surface area (Å²) in [4.78, 5) is 144. The highest BCUT2D eigenvalue weighted by atomic mass is 16.4. The number of aromatic amines is 1. The molecular weight excluding hydrogens is 1000 g/mol. The van der Waals surface area contributed by atoms with E-state index in [4.69, 9.17) is 44.3 Å². The Bertz CT molecular complexity index is 2450. The minimum absolute atomic E-state index is 0.00295. The maximum atomic E-state index is 14.4. The maximum Gasteiger partial charge on any atom is 0.326 e. The fourth-order valence-electron chi connectivity index (χ4n) is 8.86. The van der Waals surface area contributed by atoms with Crippen molar-refractivity contribution in [3.63, 3.8) is 0 Å². The Morgan fingerprint density at radius 2 is 1.26 bits per heavy atom. The highest BCUT2D eigenvalue weighted by Crippen LogP contribution is 2.27. The predicted molar refractivity (Wildman–Crippen MR) is 283 cm³/mol. The van der Waals surface area contributed by atoms with Crippen molar-refractivity contribution in [2.24, 2.45) is 50.3 Å². The van der Waals surface area contributed by atoms with Crippen LogP contribution in [0, 0.1) is 5.92 Å². The van der Waals surface area contributed by atoms with Crippen molar-refractivity contribution in [1.82, 2.24) is 41.4 Å². The summed E-state index contributed by atoms with van der Waals surface area (Å²) in [6.07, 6.45) is 3.66. The van der Waals surface area contributed by atoms with Crippen molar-refractivity contribution in [2.75, 3.05) is 26.2 Å². The van der Waals surface area contributed by atoms with Crippen LogP contribution < -0.4 is 61.0 Å². The molecule has 2 fully saturated rings. The largest absolute Gasteiger partial charge is 0.481 e. The summed E-state index contributed by atoms with van der Waals surface area (Å²) in [5.74, 6) is -8.44. The molecule has 0 aliphatic carbocycles. The molecule has 1 aromatic heterocycles. The van der Waals surface area contributed by atoms with E-state index < -0.39 is 113 Å². The zero-order valence-electron chi connectivity index (χ0n) is 44.1. The van der Waals surface area contributed by atoms with E-state index in [1.807, 2.05) is 24.3 Å². The molecule has 0 saturated carbocycles. The molecule has 9 atom stereocenters. The van der Waals surface area contributed by atoms with Crippen LogP contribution in [0.25, 0.3) is 10.9 Å². The van der Waals surface area contributed by atoms with Crippen LogP contribution in [0.1, 0.15) is 104 Å². The first kappa shape index (κ1) is 63.3. The van der Waals surface area contributed by atoms with Crippen LogP contribution in [0.15, 0.2) is 40.4 Å². The summed E-state index contributed by atoms with van der Waals surface area (Å²) in [5, 5.41) is 31.2. The van der Waals surface area contributed by atoms with E-state index in [9.17, 15) is 48.3 Å². The number of nitrogens with zero attached hydrogens (tertiary/aromatic N) is 4. The van der Waals surface area contributed by atoms with Crippen molar-refractivity contribution in [1.29, 1.82) is 0 Å². The van der Waals surface area contributed by atoms with Crippen LogP contribution >= 0.6 is 0 Å². The SMILES string of the molecule is CC(=O)O.CC[C@H](C)[C@H](NC(=O)[C@H](CCCN=C(N)N)NC(=O)[C@H](C)NC(=O)[C@H](CCCN=C(N)N)NC(=O)[C@@H]1CCCN1C(=O)[C@@H]1CCCN1C(=O)[C@H](CCC(N)=O)NC(=O)[C@@H](N)Cc1c[nH]c2ccccc12)C(=O)O. The van der Waals surface area contributed by atoms with Gasteiger partial charge in [-0.1, -0.05) is 38.5 Å². The Hall–Kier alpha value is -8.04. The van der Waals surface area contributed by atoms with Gasteiger partial charge in [-0.3, -0.25) is 53.1 Å². The van der Waals surface area contributed by atoms with E-state index in [0.717, 1.165) is 23.4 Å². The normalized spacial score (nSPS) is 17.6. The number of hydrogen-bond acceptors (Lipinski definition) is 13. The van der Waals surface area contributed by atoms with Crippen molar-refractivity contribution < 1.29 is 58.2 Å². The lowest BCUT2D eigenvalue weighted by Gasteiger charge is -2.33. The molecule has 28 nitrogen and oxygen atoms in total. The molecule has 2 aliphatic rings. The number of para-hydroxylation sites is 1. The molecular formula is C49H78N16O12. The number of likely N-dealkylation sites (tertiary alicyclic amines) is 2. The molecule has 8 amide bonds. The first-order chi connectivity index (χ1) is 36.4. The van der Waals surface area contributed by atoms with E-state index in [-0.39, 0.29) is 95.9 Å². The molecule has 77 heavy (non-hydrogen) atoms. The number of guanidine groups is 2. The number of aromatic nitrogens is 1. The van der Waals surface area contributed by atoms with Crippen LogP contribution in [0.5, 0.6) is 0 Å². The molecule has 1 aromatic carbocycles. The van der Waals surface area contributed by atoms with E-state index >= 15 is 0 Å². The van der Waals surface area contributed by atoms with Gasteiger partial charge in [0.15, 0.2) is 11.9 Å². The second kappa shape index (κ2) is 31.1. The Labute approximate surface area is 446 Å². The molecule has 2 saturated heterocycles. The topological polar surface area (TPSA) is 474 Å². The maximum absolute atomic E-state index is 14.4. The minimum atomic E-state index is -1.29. The molecule has 2 aliphatic heterocycles. The number of primary amides is 1. The molecule has 0 bridgehead atoms. The summed E-state index contributed by atoms with van der Waals surface area (Å²) >= 11 is 0. The Morgan fingerprint density at radius 3 is 1.83 bits per heavy atom. The smallest absolute Gasteiger partial charge is 0.326 e. The van der Waals surface area contributed by atoms with Gasteiger partial charge < -0.3 is 86.0 Å². The molecule has 0 spiro atoms. The monoisotopic (exact) mass is 1080 g/mol. The van der Waals surface area contributed by atoms with Gasteiger partial charge in [-0.2, -0.15) is 0 Å². The Balaban J connectivity index is 0.00000376. The Kier molecular flexibility index (Phi) is 25.6. The summed E-state index contributed by atoms with van der Waals surface area (Å²) in [7, 11) is 0. The van der Waals surface area contributed by atoms with Crippen LogP contribution in [-0.4, -0.2) is 171 Å².